The summed E-state index contributed by atoms with van der Waals surface area (Å²) >= 11 is 6.14. The second kappa shape index (κ2) is 12.1. The quantitative estimate of drug-likeness (QED) is 0.244. The molecular weight excluding hydrogens is 488 g/mol. The largest absolute Gasteiger partial charge is 0.305 e. The molecule has 0 aliphatic carbocycles. The van der Waals surface area contributed by atoms with Crippen LogP contribution in [0.5, 0.6) is 0 Å². The zero-order valence-electron chi connectivity index (χ0n) is 21.9. The zero-order chi connectivity index (χ0) is 27.1. The Bertz CT molecular complexity index is 1430. The highest BCUT2D eigenvalue weighted by Crippen LogP contribution is 2.36. The molecule has 2 unspecified atom stereocenters. The summed E-state index contributed by atoms with van der Waals surface area (Å²) in [6.45, 7) is 6.10. The van der Waals surface area contributed by atoms with E-state index in [4.69, 9.17) is 11.6 Å². The van der Waals surface area contributed by atoms with Crippen LogP contribution in [0.4, 0.5) is 0 Å². The number of nitrogens with one attached hydrogen (secondary N) is 1. The Morgan fingerprint density at radius 1 is 0.895 bits per heavy atom. The van der Waals surface area contributed by atoms with E-state index in [1.807, 2.05) is 74.6 Å². The van der Waals surface area contributed by atoms with Gasteiger partial charge in [-0.3, -0.25) is 4.98 Å². The highest BCUT2D eigenvalue weighted by atomic mass is 35.5. The Morgan fingerprint density at radius 2 is 1.63 bits per heavy atom. The normalized spacial score (nSPS) is 13.6. The third-order valence-corrected chi connectivity index (χ3v) is 7.35. The summed E-state index contributed by atoms with van der Waals surface area (Å²) in [4.78, 5) is 4.23. The Morgan fingerprint density at radius 3 is 2.26 bits per heavy atom. The average molecular weight is 519 g/mol. The first-order valence-corrected chi connectivity index (χ1v) is 13.1. The molecule has 0 saturated carbocycles. The number of pyridine rings is 1. The molecule has 1 N–H and O–H groups in total. The molecule has 1 aromatic heterocycles. The van der Waals surface area contributed by atoms with E-state index < -0.39 is 5.41 Å². The van der Waals surface area contributed by atoms with E-state index in [2.05, 4.69) is 59.7 Å². The van der Waals surface area contributed by atoms with Crippen LogP contribution in [-0.2, 0) is 6.42 Å². The fraction of sp³-hybridized carbons (Fsp3) is 0.242. The van der Waals surface area contributed by atoms with Crippen molar-refractivity contribution in [1.29, 1.82) is 10.5 Å². The lowest BCUT2D eigenvalue weighted by atomic mass is 9.79. The van der Waals surface area contributed by atoms with Crippen molar-refractivity contribution in [2.75, 3.05) is 0 Å². The summed E-state index contributed by atoms with van der Waals surface area (Å²) in [5, 5.41) is 24.1. The fourth-order valence-corrected chi connectivity index (χ4v) is 4.99. The lowest BCUT2D eigenvalue weighted by Gasteiger charge is -2.36. The van der Waals surface area contributed by atoms with Crippen molar-refractivity contribution in [3.05, 3.63) is 125 Å². The summed E-state index contributed by atoms with van der Waals surface area (Å²) in [7, 11) is 0. The maximum Gasteiger partial charge on any atom is 0.0991 e. The van der Waals surface area contributed by atoms with Gasteiger partial charge in [0.25, 0.3) is 0 Å². The molecule has 0 aliphatic heterocycles. The Kier molecular flexibility index (Phi) is 8.59. The van der Waals surface area contributed by atoms with Gasteiger partial charge in [0, 0.05) is 29.4 Å². The number of benzene rings is 3. The molecule has 0 bridgehead atoms. The first kappa shape index (κ1) is 27.1. The molecule has 0 radical (unpaired) electrons. The smallest absolute Gasteiger partial charge is 0.0991 e. The van der Waals surface area contributed by atoms with Crippen LogP contribution in [0.1, 0.15) is 55.0 Å². The number of rotatable bonds is 9. The molecular formula is C33H31ClN4. The molecule has 190 valence electrons. The van der Waals surface area contributed by atoms with Gasteiger partial charge >= 0.3 is 0 Å². The molecule has 4 rings (SSSR count). The van der Waals surface area contributed by atoms with E-state index in [0.717, 1.165) is 34.2 Å². The summed E-state index contributed by atoms with van der Waals surface area (Å²) in [5.41, 5.74) is 5.40. The topological polar surface area (TPSA) is 72.5 Å². The van der Waals surface area contributed by atoms with E-state index in [0.29, 0.717) is 10.6 Å². The number of nitriles is 2. The van der Waals surface area contributed by atoms with Crippen LogP contribution in [0.15, 0.2) is 97.3 Å². The lowest BCUT2D eigenvalue weighted by molar-refractivity contribution is 0.281. The molecule has 4 nitrogen and oxygen atoms in total. The SMILES string of the molecule is CC(N[C@@H](c1ccc(-c2cccnc2)cc1)C(C)(C)C#N)C(Cc1ccc(Cl)cc1)c1cccc(C#N)c1. The van der Waals surface area contributed by atoms with Gasteiger partial charge in [0.2, 0.25) is 0 Å². The first-order valence-electron chi connectivity index (χ1n) is 12.7. The van der Waals surface area contributed by atoms with Gasteiger partial charge in [-0.25, -0.2) is 0 Å². The van der Waals surface area contributed by atoms with Crippen molar-refractivity contribution in [3.8, 4) is 23.3 Å². The highest BCUT2D eigenvalue weighted by molar-refractivity contribution is 6.30. The minimum Gasteiger partial charge on any atom is -0.305 e. The standard InChI is InChI=1S/C33H31ClN4/c1-23(31(19-24-9-15-30(34)16-10-24)28-7-4-6-25(18-28)20-35)38-32(33(2,3)22-36)27-13-11-26(12-14-27)29-8-5-17-37-21-29/h4-18,21,23,31-32,38H,19H2,1-3H3/t23?,31?,32-/m0/s1. The minimum atomic E-state index is -0.663. The van der Waals surface area contributed by atoms with Crippen molar-refractivity contribution in [2.45, 2.75) is 45.2 Å². The van der Waals surface area contributed by atoms with Crippen LogP contribution in [0.25, 0.3) is 11.1 Å². The first-order chi connectivity index (χ1) is 18.3. The predicted octanol–water partition coefficient (Wildman–Crippen LogP) is 7.87. The minimum absolute atomic E-state index is 0.00440. The fourth-order valence-electron chi connectivity index (χ4n) is 4.86. The maximum atomic E-state index is 10.1. The van der Waals surface area contributed by atoms with Crippen molar-refractivity contribution in [1.82, 2.24) is 10.3 Å². The van der Waals surface area contributed by atoms with Gasteiger partial charge in [-0.1, -0.05) is 66.2 Å². The second-order valence-electron chi connectivity index (χ2n) is 10.3. The van der Waals surface area contributed by atoms with Gasteiger partial charge in [0.15, 0.2) is 0 Å². The van der Waals surface area contributed by atoms with Crippen LogP contribution >= 0.6 is 11.6 Å². The third-order valence-electron chi connectivity index (χ3n) is 7.09. The van der Waals surface area contributed by atoms with E-state index in [9.17, 15) is 10.5 Å². The molecule has 4 aromatic rings. The molecule has 0 saturated heterocycles. The monoisotopic (exact) mass is 518 g/mol. The summed E-state index contributed by atoms with van der Waals surface area (Å²) in [6.07, 6.45) is 4.38. The number of hydrogen-bond acceptors (Lipinski definition) is 4. The molecule has 0 amide bonds. The maximum absolute atomic E-state index is 10.1. The van der Waals surface area contributed by atoms with Crippen LogP contribution in [0.2, 0.25) is 5.02 Å². The van der Waals surface area contributed by atoms with Gasteiger partial charge in [-0.15, -0.1) is 0 Å². The molecule has 0 spiro atoms. The number of nitrogens with zero attached hydrogens (tertiary/aromatic N) is 3. The van der Waals surface area contributed by atoms with Gasteiger partial charge in [-0.2, -0.15) is 10.5 Å². The number of halogens is 1. The van der Waals surface area contributed by atoms with E-state index in [1.54, 1.807) is 6.20 Å². The summed E-state index contributed by atoms with van der Waals surface area (Å²) in [6, 6.07) is 32.6. The predicted molar refractivity (Wildman–Crippen MR) is 153 cm³/mol. The van der Waals surface area contributed by atoms with Crippen LogP contribution < -0.4 is 5.32 Å². The van der Waals surface area contributed by atoms with Gasteiger partial charge in [0.05, 0.1) is 29.2 Å². The number of hydrogen-bond donors (Lipinski definition) is 1. The van der Waals surface area contributed by atoms with Gasteiger partial charge < -0.3 is 5.32 Å². The van der Waals surface area contributed by atoms with Crippen molar-refractivity contribution in [3.63, 3.8) is 0 Å². The van der Waals surface area contributed by atoms with Gasteiger partial charge in [0.1, 0.15) is 0 Å². The van der Waals surface area contributed by atoms with E-state index in [1.165, 1.54) is 0 Å². The van der Waals surface area contributed by atoms with Crippen LogP contribution in [-0.4, -0.2) is 11.0 Å². The summed E-state index contributed by atoms with van der Waals surface area (Å²) < 4.78 is 0. The highest BCUT2D eigenvalue weighted by Gasteiger charge is 2.34. The van der Waals surface area contributed by atoms with Crippen molar-refractivity contribution in [2.24, 2.45) is 5.41 Å². The lowest BCUT2D eigenvalue weighted by Crippen LogP contribution is -2.42. The second-order valence-corrected chi connectivity index (χ2v) is 10.7. The van der Waals surface area contributed by atoms with Crippen molar-refractivity contribution >= 4 is 11.6 Å². The third kappa shape index (κ3) is 6.48. The molecule has 38 heavy (non-hydrogen) atoms. The molecule has 3 aromatic carbocycles. The zero-order valence-corrected chi connectivity index (χ0v) is 22.7. The van der Waals surface area contributed by atoms with E-state index in [-0.39, 0.29) is 18.0 Å². The Balaban J connectivity index is 1.67. The molecule has 5 heteroatoms. The van der Waals surface area contributed by atoms with Crippen LogP contribution in [0.3, 0.4) is 0 Å². The molecule has 3 atom stereocenters. The number of aromatic nitrogens is 1. The summed E-state index contributed by atoms with van der Waals surface area (Å²) in [5.74, 6) is 0.0659. The molecule has 0 fully saturated rings. The molecule has 1 heterocycles. The Labute approximate surface area is 230 Å². The van der Waals surface area contributed by atoms with E-state index >= 15 is 0 Å². The van der Waals surface area contributed by atoms with Gasteiger partial charge in [-0.05, 0) is 85.3 Å². The van der Waals surface area contributed by atoms with Crippen molar-refractivity contribution < 1.29 is 0 Å². The Hall–Kier alpha value is -3.96. The van der Waals surface area contributed by atoms with Crippen LogP contribution in [0, 0.1) is 28.1 Å². The molecule has 0 aliphatic rings. The average Bonchev–Trinajstić information content (AvgIpc) is 2.96.